The summed E-state index contributed by atoms with van der Waals surface area (Å²) in [6, 6.07) is 18.7. The Hall–Kier alpha value is -2.83. The second-order valence-electron chi connectivity index (χ2n) is 5.81. The second kappa shape index (κ2) is 7.82. The molecule has 0 unspecified atom stereocenters. The van der Waals surface area contributed by atoms with E-state index in [1.165, 1.54) is 11.8 Å². The number of hydrogen-bond donors (Lipinski definition) is 2. The van der Waals surface area contributed by atoms with Crippen LogP contribution in [0.4, 0.5) is 22.9 Å². The Kier molecular flexibility index (Phi) is 5.09. The van der Waals surface area contributed by atoms with Crippen molar-refractivity contribution in [3.8, 4) is 0 Å². The van der Waals surface area contributed by atoms with Gasteiger partial charge in [0.1, 0.15) is 10.7 Å². The van der Waals surface area contributed by atoms with Crippen LogP contribution in [-0.2, 0) is 4.79 Å². The number of benzene rings is 2. The largest absolute Gasteiger partial charge is 0.338 e. The van der Waals surface area contributed by atoms with Crippen LogP contribution in [0, 0.1) is 0 Å². The molecule has 5 nitrogen and oxygen atoms in total. The topological polar surface area (TPSA) is 66.4 Å². The number of para-hydroxylation sites is 1. The van der Waals surface area contributed by atoms with E-state index in [4.69, 9.17) is 16.6 Å². The lowest BCUT2D eigenvalue weighted by Crippen LogP contribution is -2.15. The summed E-state index contributed by atoms with van der Waals surface area (Å²) in [7, 11) is 0. The maximum Gasteiger partial charge on any atom is 0.234 e. The highest BCUT2D eigenvalue weighted by molar-refractivity contribution is 8.15. The van der Waals surface area contributed by atoms with E-state index in [2.05, 4.69) is 15.6 Å². The molecule has 2 heterocycles. The summed E-state index contributed by atoms with van der Waals surface area (Å²) in [5.41, 5.74) is 3.27. The third-order valence-corrected chi connectivity index (χ3v) is 5.09. The zero-order valence-corrected chi connectivity index (χ0v) is 15.7. The quantitative estimate of drug-likeness (QED) is 0.637. The summed E-state index contributed by atoms with van der Waals surface area (Å²) in [5, 5.41) is 7.52. The molecule has 1 aromatic heterocycles. The first kappa shape index (κ1) is 17.6. The van der Waals surface area contributed by atoms with Crippen LogP contribution in [0.25, 0.3) is 0 Å². The van der Waals surface area contributed by atoms with Crippen molar-refractivity contribution in [3.05, 3.63) is 77.4 Å². The van der Waals surface area contributed by atoms with Gasteiger partial charge in [0, 0.05) is 28.2 Å². The van der Waals surface area contributed by atoms with Crippen molar-refractivity contribution in [3.63, 3.8) is 0 Å². The number of fused-ring (bicyclic) bond motifs is 2. The van der Waals surface area contributed by atoms with Gasteiger partial charge in [-0.15, -0.1) is 0 Å². The van der Waals surface area contributed by atoms with Crippen molar-refractivity contribution in [2.75, 3.05) is 16.4 Å². The van der Waals surface area contributed by atoms with E-state index in [1.54, 1.807) is 30.5 Å². The molecule has 1 amide bonds. The normalized spacial score (nSPS) is 12.1. The number of nitrogens with one attached hydrogen (secondary N) is 2. The van der Waals surface area contributed by atoms with Crippen molar-refractivity contribution in [1.29, 1.82) is 0 Å². The molecule has 0 saturated heterocycles. The number of thioether (sulfide) groups is 1. The molecule has 27 heavy (non-hydrogen) atoms. The number of rotatable bonds is 3. The van der Waals surface area contributed by atoms with Crippen LogP contribution in [0.1, 0.15) is 5.56 Å². The van der Waals surface area contributed by atoms with Gasteiger partial charge >= 0.3 is 0 Å². The van der Waals surface area contributed by atoms with Crippen LogP contribution >= 0.6 is 23.4 Å². The molecule has 1 aliphatic rings. The average Bonchev–Trinajstić information content (AvgIpc) is 2.83. The Morgan fingerprint density at radius 3 is 2.89 bits per heavy atom. The summed E-state index contributed by atoms with van der Waals surface area (Å²) in [6.07, 6.45) is 1.72. The number of pyridine rings is 1. The molecule has 4 rings (SSSR count). The van der Waals surface area contributed by atoms with Gasteiger partial charge in [-0.05, 0) is 36.4 Å². The fourth-order valence-corrected chi connectivity index (χ4v) is 3.69. The number of hydrogen-bond acceptors (Lipinski definition) is 5. The molecule has 0 atom stereocenters. The molecule has 2 N–H and O–H groups in total. The lowest BCUT2D eigenvalue weighted by atomic mass is 10.2. The van der Waals surface area contributed by atoms with E-state index in [0.717, 1.165) is 22.0 Å². The number of aromatic nitrogens is 1. The number of halogens is 1. The van der Waals surface area contributed by atoms with E-state index < -0.39 is 0 Å². The minimum atomic E-state index is -0.119. The molecule has 0 spiro atoms. The first-order valence-electron chi connectivity index (χ1n) is 8.27. The van der Waals surface area contributed by atoms with Crippen molar-refractivity contribution >= 4 is 57.2 Å². The van der Waals surface area contributed by atoms with E-state index >= 15 is 0 Å². The summed E-state index contributed by atoms with van der Waals surface area (Å²) < 4.78 is 0. The standard InChI is InChI=1S/C20H15ClN4OS/c21-13-5-3-6-14(11-13)23-18(26)12-27-20-15-7-1-2-8-16(15)24-19-17(25-20)9-4-10-22-19/h1-11H,12H2,(H,22,24)(H,23,26). The smallest absolute Gasteiger partial charge is 0.234 e. The predicted octanol–water partition coefficient (Wildman–Crippen LogP) is 5.24. The fraction of sp³-hybridized carbons (Fsp3) is 0.0500. The lowest BCUT2D eigenvalue weighted by Gasteiger charge is -2.10. The van der Waals surface area contributed by atoms with Gasteiger partial charge in [0.25, 0.3) is 0 Å². The number of carbonyl (C=O) groups is 1. The number of aliphatic imine (C=N–C) groups is 1. The molecule has 0 fully saturated rings. The Morgan fingerprint density at radius 1 is 1.11 bits per heavy atom. The van der Waals surface area contributed by atoms with E-state index in [-0.39, 0.29) is 11.7 Å². The molecule has 3 aromatic rings. The molecule has 134 valence electrons. The number of amides is 1. The first-order valence-corrected chi connectivity index (χ1v) is 9.64. The maximum atomic E-state index is 12.4. The number of anilines is 3. The Morgan fingerprint density at radius 2 is 2.00 bits per heavy atom. The predicted molar refractivity (Wildman–Crippen MR) is 113 cm³/mol. The van der Waals surface area contributed by atoms with Crippen molar-refractivity contribution in [2.45, 2.75) is 0 Å². The molecule has 7 heteroatoms. The van der Waals surface area contributed by atoms with Gasteiger partial charge in [0.15, 0.2) is 5.82 Å². The molecule has 0 aliphatic carbocycles. The number of nitrogens with zero attached hydrogens (tertiary/aromatic N) is 2. The third kappa shape index (κ3) is 4.13. The van der Waals surface area contributed by atoms with Crippen LogP contribution in [0.2, 0.25) is 5.02 Å². The van der Waals surface area contributed by atoms with E-state index in [1.807, 2.05) is 36.4 Å². The zero-order chi connectivity index (χ0) is 18.6. The van der Waals surface area contributed by atoms with Gasteiger partial charge in [-0.2, -0.15) is 0 Å². The van der Waals surface area contributed by atoms with Crippen LogP contribution in [0.15, 0.2) is 71.9 Å². The molecule has 2 aromatic carbocycles. The maximum absolute atomic E-state index is 12.4. The minimum absolute atomic E-state index is 0.119. The van der Waals surface area contributed by atoms with Crippen molar-refractivity contribution < 1.29 is 4.79 Å². The first-order chi connectivity index (χ1) is 13.2. The van der Waals surface area contributed by atoms with E-state index in [0.29, 0.717) is 16.5 Å². The molecule has 0 saturated carbocycles. The second-order valence-corrected chi connectivity index (χ2v) is 7.21. The van der Waals surface area contributed by atoms with Gasteiger partial charge in [-0.3, -0.25) is 4.79 Å². The third-order valence-electron chi connectivity index (χ3n) is 3.87. The number of carbonyl (C=O) groups excluding carboxylic acids is 1. The zero-order valence-electron chi connectivity index (χ0n) is 14.1. The Labute approximate surface area is 165 Å². The minimum Gasteiger partial charge on any atom is -0.338 e. The van der Waals surface area contributed by atoms with Crippen LogP contribution in [0.3, 0.4) is 0 Å². The van der Waals surface area contributed by atoms with Gasteiger partial charge < -0.3 is 10.6 Å². The molecular weight excluding hydrogens is 380 g/mol. The highest BCUT2D eigenvalue weighted by atomic mass is 35.5. The Balaban J connectivity index is 1.55. The summed E-state index contributed by atoms with van der Waals surface area (Å²) in [4.78, 5) is 21.4. The van der Waals surface area contributed by atoms with Gasteiger partial charge in [0.05, 0.1) is 5.75 Å². The van der Waals surface area contributed by atoms with Crippen LogP contribution < -0.4 is 10.6 Å². The molecular formula is C20H15ClN4OS. The summed E-state index contributed by atoms with van der Waals surface area (Å²) >= 11 is 7.35. The molecule has 0 radical (unpaired) electrons. The SMILES string of the molecule is O=C(CSC1=Nc2cccnc2Nc2ccccc21)Nc1cccc(Cl)c1. The summed E-state index contributed by atoms with van der Waals surface area (Å²) in [6.45, 7) is 0. The molecule has 1 aliphatic heterocycles. The van der Waals surface area contributed by atoms with Gasteiger partial charge in [-0.1, -0.05) is 47.6 Å². The summed E-state index contributed by atoms with van der Waals surface area (Å²) in [5.74, 6) is 0.810. The fourth-order valence-electron chi connectivity index (χ4n) is 2.67. The van der Waals surface area contributed by atoms with Crippen LogP contribution in [-0.4, -0.2) is 21.7 Å². The van der Waals surface area contributed by atoms with Gasteiger partial charge in [0.2, 0.25) is 5.91 Å². The lowest BCUT2D eigenvalue weighted by molar-refractivity contribution is -0.113. The van der Waals surface area contributed by atoms with Crippen molar-refractivity contribution in [1.82, 2.24) is 4.98 Å². The van der Waals surface area contributed by atoms with E-state index in [9.17, 15) is 4.79 Å². The Bertz CT molecular complexity index is 1040. The van der Waals surface area contributed by atoms with Crippen LogP contribution in [0.5, 0.6) is 0 Å². The molecule has 0 bridgehead atoms. The monoisotopic (exact) mass is 394 g/mol. The highest BCUT2D eigenvalue weighted by Gasteiger charge is 2.18. The van der Waals surface area contributed by atoms with Gasteiger partial charge in [-0.25, -0.2) is 9.98 Å². The van der Waals surface area contributed by atoms with Crippen molar-refractivity contribution in [2.24, 2.45) is 4.99 Å². The average molecular weight is 395 g/mol. The highest BCUT2D eigenvalue weighted by Crippen LogP contribution is 2.34.